The van der Waals surface area contributed by atoms with Gasteiger partial charge in [-0.15, -0.1) is 0 Å². The fourth-order valence-electron chi connectivity index (χ4n) is 2.17. The van der Waals surface area contributed by atoms with Crippen molar-refractivity contribution in [3.63, 3.8) is 0 Å². The van der Waals surface area contributed by atoms with Gasteiger partial charge in [-0.05, 0) is 31.0 Å². The van der Waals surface area contributed by atoms with E-state index in [1.165, 1.54) is 12.1 Å². The Labute approximate surface area is 108 Å². The standard InChI is InChI=1S/C13H12F4N2/c14-10-3-5-19(6-4-10)11-2-1-9(8-18)12(7-11)13(15,16)17/h1-2,7,10H,3-6H2. The summed E-state index contributed by atoms with van der Waals surface area (Å²) in [4.78, 5) is 1.71. The molecular formula is C13H12F4N2. The molecule has 0 atom stereocenters. The Hall–Kier alpha value is -1.77. The highest BCUT2D eigenvalue weighted by Gasteiger charge is 2.34. The Morgan fingerprint density at radius 1 is 1.21 bits per heavy atom. The van der Waals surface area contributed by atoms with Gasteiger partial charge in [0.15, 0.2) is 0 Å². The maximum Gasteiger partial charge on any atom is 0.417 e. The number of nitrogens with zero attached hydrogens (tertiary/aromatic N) is 2. The second kappa shape index (κ2) is 5.08. The van der Waals surface area contributed by atoms with Gasteiger partial charge in [-0.2, -0.15) is 18.4 Å². The van der Waals surface area contributed by atoms with Crippen LogP contribution in [0.5, 0.6) is 0 Å². The zero-order valence-corrected chi connectivity index (χ0v) is 10.0. The summed E-state index contributed by atoms with van der Waals surface area (Å²) in [5.74, 6) is 0. The molecule has 0 bridgehead atoms. The molecule has 0 amide bonds. The number of piperidine rings is 1. The SMILES string of the molecule is N#Cc1ccc(N2CCC(F)CC2)cc1C(F)(F)F. The van der Waals surface area contributed by atoms with E-state index in [1.807, 2.05) is 0 Å². The molecule has 0 aromatic heterocycles. The average Bonchev–Trinajstić information content (AvgIpc) is 2.38. The molecular weight excluding hydrogens is 260 g/mol. The molecule has 0 aliphatic carbocycles. The minimum absolute atomic E-state index is 0.321. The van der Waals surface area contributed by atoms with E-state index in [-0.39, 0.29) is 0 Å². The van der Waals surface area contributed by atoms with Crippen LogP contribution in [0, 0.1) is 11.3 Å². The number of hydrogen-bond donors (Lipinski definition) is 0. The van der Waals surface area contributed by atoms with Crippen LogP contribution in [-0.4, -0.2) is 19.3 Å². The third kappa shape index (κ3) is 2.98. The predicted molar refractivity (Wildman–Crippen MR) is 62.5 cm³/mol. The van der Waals surface area contributed by atoms with Crippen molar-refractivity contribution in [3.8, 4) is 6.07 Å². The molecule has 6 heteroatoms. The predicted octanol–water partition coefficient (Wildman–Crippen LogP) is 3.52. The highest BCUT2D eigenvalue weighted by Crippen LogP contribution is 2.35. The molecule has 2 nitrogen and oxygen atoms in total. The molecule has 0 saturated carbocycles. The van der Waals surface area contributed by atoms with Crippen LogP contribution in [0.15, 0.2) is 18.2 Å². The van der Waals surface area contributed by atoms with E-state index in [0.717, 1.165) is 6.07 Å². The molecule has 1 aliphatic heterocycles. The van der Waals surface area contributed by atoms with Crippen LogP contribution in [-0.2, 0) is 6.18 Å². The monoisotopic (exact) mass is 272 g/mol. The summed E-state index contributed by atoms with van der Waals surface area (Å²) < 4.78 is 51.5. The summed E-state index contributed by atoms with van der Waals surface area (Å²) in [6.07, 6.45) is -4.79. The first kappa shape index (κ1) is 13.7. The lowest BCUT2D eigenvalue weighted by atomic mass is 10.0. The smallest absolute Gasteiger partial charge is 0.371 e. The molecule has 1 fully saturated rings. The van der Waals surface area contributed by atoms with Crippen LogP contribution in [0.25, 0.3) is 0 Å². The van der Waals surface area contributed by atoms with E-state index >= 15 is 0 Å². The Morgan fingerprint density at radius 3 is 2.37 bits per heavy atom. The molecule has 0 radical (unpaired) electrons. The summed E-state index contributed by atoms with van der Waals surface area (Å²) in [6.45, 7) is 0.786. The molecule has 0 N–H and O–H groups in total. The Balaban J connectivity index is 2.31. The van der Waals surface area contributed by atoms with Crippen molar-refractivity contribution < 1.29 is 17.6 Å². The Bertz CT molecular complexity index is 496. The number of alkyl halides is 4. The average molecular weight is 272 g/mol. The van der Waals surface area contributed by atoms with Crippen LogP contribution in [0.3, 0.4) is 0 Å². The normalized spacial score (nSPS) is 17.3. The number of benzene rings is 1. The molecule has 19 heavy (non-hydrogen) atoms. The van der Waals surface area contributed by atoms with Crippen molar-refractivity contribution in [2.45, 2.75) is 25.2 Å². The first-order valence-electron chi connectivity index (χ1n) is 5.92. The van der Waals surface area contributed by atoms with Crippen molar-refractivity contribution in [2.75, 3.05) is 18.0 Å². The van der Waals surface area contributed by atoms with Crippen molar-refractivity contribution in [1.29, 1.82) is 5.26 Å². The molecule has 2 rings (SSSR count). The number of halogens is 4. The quantitative estimate of drug-likeness (QED) is 0.731. The lowest BCUT2D eigenvalue weighted by molar-refractivity contribution is -0.137. The minimum Gasteiger partial charge on any atom is -0.371 e. The fraction of sp³-hybridized carbons (Fsp3) is 0.462. The van der Waals surface area contributed by atoms with Gasteiger partial charge in [0.2, 0.25) is 0 Å². The summed E-state index contributed by atoms with van der Waals surface area (Å²) >= 11 is 0. The van der Waals surface area contributed by atoms with Crippen LogP contribution < -0.4 is 4.90 Å². The van der Waals surface area contributed by atoms with Gasteiger partial charge >= 0.3 is 6.18 Å². The summed E-state index contributed by atoms with van der Waals surface area (Å²) in [7, 11) is 0. The summed E-state index contributed by atoms with van der Waals surface area (Å²) in [6, 6.07) is 5.16. The number of rotatable bonds is 1. The second-order valence-corrected chi connectivity index (χ2v) is 4.50. The van der Waals surface area contributed by atoms with Crippen molar-refractivity contribution in [1.82, 2.24) is 0 Å². The van der Waals surface area contributed by atoms with Crippen molar-refractivity contribution >= 4 is 5.69 Å². The van der Waals surface area contributed by atoms with E-state index in [4.69, 9.17) is 5.26 Å². The fourth-order valence-corrected chi connectivity index (χ4v) is 2.17. The minimum atomic E-state index is -4.56. The van der Waals surface area contributed by atoms with Gasteiger partial charge in [0.25, 0.3) is 0 Å². The molecule has 102 valence electrons. The van der Waals surface area contributed by atoms with Gasteiger partial charge < -0.3 is 4.90 Å². The molecule has 1 saturated heterocycles. The van der Waals surface area contributed by atoms with Gasteiger partial charge in [0, 0.05) is 18.8 Å². The largest absolute Gasteiger partial charge is 0.417 e. The molecule has 1 aliphatic rings. The van der Waals surface area contributed by atoms with E-state index < -0.39 is 23.5 Å². The second-order valence-electron chi connectivity index (χ2n) is 4.50. The maximum absolute atomic E-state index is 13.0. The van der Waals surface area contributed by atoms with E-state index in [1.54, 1.807) is 11.0 Å². The first-order valence-corrected chi connectivity index (χ1v) is 5.92. The van der Waals surface area contributed by atoms with Crippen LogP contribution >= 0.6 is 0 Å². The van der Waals surface area contributed by atoms with Gasteiger partial charge in [0.05, 0.1) is 17.2 Å². The van der Waals surface area contributed by atoms with Crippen molar-refractivity contribution in [2.24, 2.45) is 0 Å². The van der Waals surface area contributed by atoms with Crippen LogP contribution in [0.2, 0.25) is 0 Å². The zero-order chi connectivity index (χ0) is 14.0. The van der Waals surface area contributed by atoms with E-state index in [0.29, 0.717) is 31.6 Å². The van der Waals surface area contributed by atoms with Crippen LogP contribution in [0.1, 0.15) is 24.0 Å². The highest BCUT2D eigenvalue weighted by molar-refractivity contribution is 5.55. The van der Waals surface area contributed by atoms with Gasteiger partial charge in [-0.3, -0.25) is 0 Å². The first-order chi connectivity index (χ1) is 8.91. The molecule has 1 heterocycles. The molecule has 0 spiro atoms. The van der Waals surface area contributed by atoms with E-state index in [2.05, 4.69) is 0 Å². The van der Waals surface area contributed by atoms with Gasteiger partial charge in [-0.25, -0.2) is 4.39 Å². The Kier molecular flexibility index (Phi) is 3.65. The lowest BCUT2D eigenvalue weighted by Gasteiger charge is -2.31. The summed E-state index contributed by atoms with van der Waals surface area (Å²) in [5, 5.41) is 8.70. The molecule has 0 unspecified atom stereocenters. The summed E-state index contributed by atoms with van der Waals surface area (Å²) in [5.41, 5.74) is -0.940. The molecule has 1 aromatic rings. The third-order valence-electron chi connectivity index (χ3n) is 3.22. The maximum atomic E-state index is 13.0. The highest BCUT2D eigenvalue weighted by atomic mass is 19.4. The van der Waals surface area contributed by atoms with E-state index in [9.17, 15) is 17.6 Å². The van der Waals surface area contributed by atoms with Crippen LogP contribution in [0.4, 0.5) is 23.2 Å². The topological polar surface area (TPSA) is 27.0 Å². The third-order valence-corrected chi connectivity index (χ3v) is 3.22. The Morgan fingerprint density at radius 2 is 1.84 bits per heavy atom. The molecule has 1 aromatic carbocycles. The van der Waals surface area contributed by atoms with Gasteiger partial charge in [-0.1, -0.05) is 0 Å². The number of anilines is 1. The van der Waals surface area contributed by atoms with Crippen molar-refractivity contribution in [3.05, 3.63) is 29.3 Å². The number of hydrogen-bond acceptors (Lipinski definition) is 2. The lowest BCUT2D eigenvalue weighted by Crippen LogP contribution is -2.34. The van der Waals surface area contributed by atoms with Gasteiger partial charge in [0.1, 0.15) is 6.17 Å². The number of nitriles is 1. The zero-order valence-electron chi connectivity index (χ0n) is 10.0.